The molecule has 4 aliphatic carbocycles. The van der Waals surface area contributed by atoms with Crippen molar-refractivity contribution in [3.63, 3.8) is 0 Å². The molecule has 0 atom stereocenters. The highest BCUT2D eigenvalue weighted by Crippen LogP contribution is 2.60. The minimum atomic E-state index is -0.734. The summed E-state index contributed by atoms with van der Waals surface area (Å²) in [5.74, 6) is 1.80. The van der Waals surface area contributed by atoms with Crippen LogP contribution >= 0.6 is 34.2 Å². The molecule has 0 aromatic heterocycles. The second kappa shape index (κ2) is 10.8. The van der Waals surface area contributed by atoms with E-state index in [0.717, 1.165) is 31.8 Å². The average Bonchev–Trinajstić information content (AvgIpc) is 2.95. The van der Waals surface area contributed by atoms with Crippen molar-refractivity contribution in [2.45, 2.75) is 50.5 Å². The number of rotatable bonds is 6. The van der Waals surface area contributed by atoms with Gasteiger partial charge in [-0.05, 0) is 132 Å². The number of halogens is 2. The highest BCUT2D eigenvalue weighted by atomic mass is 127. The van der Waals surface area contributed by atoms with Crippen molar-refractivity contribution in [3.8, 4) is 5.75 Å². The van der Waals surface area contributed by atoms with Gasteiger partial charge in [0.1, 0.15) is 17.9 Å². The fourth-order valence-electron chi connectivity index (χ4n) is 7.98. The van der Waals surface area contributed by atoms with Crippen LogP contribution in [0.15, 0.2) is 72.3 Å². The van der Waals surface area contributed by atoms with Crippen molar-refractivity contribution in [2.24, 2.45) is 17.8 Å². The van der Waals surface area contributed by atoms with Crippen LogP contribution < -0.4 is 15.0 Å². The highest BCUT2D eigenvalue weighted by Gasteiger charge is 2.51. The van der Waals surface area contributed by atoms with Gasteiger partial charge in [-0.25, -0.2) is 9.69 Å². The first-order chi connectivity index (χ1) is 20.3. The van der Waals surface area contributed by atoms with Gasteiger partial charge in [0.2, 0.25) is 0 Å². The van der Waals surface area contributed by atoms with E-state index in [1.54, 1.807) is 12.1 Å². The van der Waals surface area contributed by atoms with E-state index in [9.17, 15) is 14.4 Å². The molecule has 0 radical (unpaired) electrons. The summed E-state index contributed by atoms with van der Waals surface area (Å²) in [6, 6.07) is 20.1. The topological polar surface area (TPSA) is 75.7 Å². The Morgan fingerprint density at radius 2 is 1.60 bits per heavy atom. The van der Waals surface area contributed by atoms with Crippen molar-refractivity contribution in [3.05, 3.63) is 97.6 Å². The molecule has 1 heterocycles. The smallest absolute Gasteiger partial charge is 0.335 e. The number of hydrogen-bond donors (Lipinski definition) is 1. The van der Waals surface area contributed by atoms with E-state index in [1.165, 1.54) is 50.2 Å². The summed E-state index contributed by atoms with van der Waals surface area (Å²) in [4.78, 5) is 40.2. The van der Waals surface area contributed by atoms with E-state index >= 15 is 0 Å². The molecule has 3 aromatic rings. The third kappa shape index (κ3) is 5.04. The third-order valence-electron chi connectivity index (χ3n) is 9.49. The maximum Gasteiger partial charge on any atom is 0.335 e. The summed E-state index contributed by atoms with van der Waals surface area (Å²) in [5.41, 5.74) is 3.43. The van der Waals surface area contributed by atoms with Gasteiger partial charge in [-0.3, -0.25) is 14.9 Å². The molecule has 214 valence electrons. The number of carbonyl (C=O) groups excluding carboxylic acids is 3. The number of ether oxygens (including phenoxy) is 1. The first kappa shape index (κ1) is 27.7. The average molecular weight is 693 g/mol. The molecule has 1 aliphatic heterocycles. The second-order valence-electron chi connectivity index (χ2n) is 12.3. The van der Waals surface area contributed by atoms with Gasteiger partial charge in [-0.1, -0.05) is 48.0 Å². The molecule has 42 heavy (non-hydrogen) atoms. The van der Waals surface area contributed by atoms with Crippen LogP contribution in [0.1, 0.15) is 55.2 Å². The number of hydrogen-bond acceptors (Lipinski definition) is 4. The number of benzene rings is 3. The fourth-order valence-corrected chi connectivity index (χ4v) is 8.87. The number of nitrogens with one attached hydrogen (secondary N) is 1. The van der Waals surface area contributed by atoms with Gasteiger partial charge >= 0.3 is 6.03 Å². The zero-order chi connectivity index (χ0) is 29.0. The number of barbiturate groups is 1. The molecule has 1 N–H and O–H groups in total. The van der Waals surface area contributed by atoms with Crippen molar-refractivity contribution in [1.29, 1.82) is 0 Å². The molecule has 3 aromatic carbocycles. The lowest BCUT2D eigenvalue weighted by atomic mass is 9.48. The summed E-state index contributed by atoms with van der Waals surface area (Å²) < 4.78 is 6.77. The van der Waals surface area contributed by atoms with Crippen molar-refractivity contribution < 1.29 is 19.1 Å². The molecule has 0 unspecified atom stereocenters. The molecule has 1 saturated heterocycles. The van der Waals surface area contributed by atoms with E-state index in [2.05, 4.69) is 40.0 Å². The Labute approximate surface area is 263 Å². The predicted octanol–water partition coefficient (Wildman–Crippen LogP) is 7.66. The highest BCUT2D eigenvalue weighted by molar-refractivity contribution is 14.1. The van der Waals surface area contributed by atoms with Gasteiger partial charge in [0.15, 0.2) is 0 Å². The Balaban J connectivity index is 1.10. The van der Waals surface area contributed by atoms with Gasteiger partial charge in [-0.2, -0.15) is 0 Å². The van der Waals surface area contributed by atoms with Gasteiger partial charge < -0.3 is 4.74 Å². The lowest BCUT2D eigenvalue weighted by molar-refractivity contribution is -0.122. The van der Waals surface area contributed by atoms with Crippen molar-refractivity contribution in [1.82, 2.24) is 5.32 Å². The molecule has 0 spiro atoms. The molecule has 6 nitrogen and oxygen atoms in total. The molecule has 4 bridgehead atoms. The number of imide groups is 2. The minimum absolute atomic E-state index is 0.0969. The molecule has 4 amide bonds. The van der Waals surface area contributed by atoms with Crippen molar-refractivity contribution >= 4 is 63.8 Å². The van der Waals surface area contributed by atoms with E-state index in [-0.39, 0.29) is 11.0 Å². The molecule has 5 fully saturated rings. The number of amides is 4. The summed E-state index contributed by atoms with van der Waals surface area (Å²) in [5, 5.41) is 2.98. The van der Waals surface area contributed by atoms with Crippen LogP contribution in [0.3, 0.4) is 0 Å². The lowest BCUT2D eigenvalue weighted by Crippen LogP contribution is -2.54. The number of carbonyl (C=O) groups is 3. The second-order valence-corrected chi connectivity index (χ2v) is 13.8. The normalized spacial score (nSPS) is 27.5. The Bertz CT molecular complexity index is 1600. The van der Waals surface area contributed by atoms with Crippen molar-refractivity contribution in [2.75, 3.05) is 4.90 Å². The summed E-state index contributed by atoms with van der Waals surface area (Å²) in [7, 11) is 0. The van der Waals surface area contributed by atoms with Gasteiger partial charge in [0.25, 0.3) is 11.8 Å². The van der Waals surface area contributed by atoms with E-state index < -0.39 is 17.8 Å². The fraction of sp³-hybridized carbons (Fsp3) is 0.324. The Morgan fingerprint density at radius 3 is 2.24 bits per heavy atom. The zero-order valence-electron chi connectivity index (χ0n) is 22.9. The zero-order valence-corrected chi connectivity index (χ0v) is 25.9. The van der Waals surface area contributed by atoms with E-state index in [0.29, 0.717) is 28.6 Å². The van der Waals surface area contributed by atoms with Gasteiger partial charge in [-0.15, -0.1) is 0 Å². The molecule has 5 aliphatic rings. The Hall–Kier alpha value is -3.17. The van der Waals surface area contributed by atoms with Crippen LogP contribution in [-0.4, -0.2) is 17.8 Å². The molecular formula is C34H30ClIN2O4. The maximum atomic E-state index is 13.5. The van der Waals surface area contributed by atoms with Crippen LogP contribution in [0.5, 0.6) is 5.75 Å². The molecule has 8 heteroatoms. The SMILES string of the molecule is O=C1NC(=O)N(c2ccc(C34CC5CC(CC(C5)C3)C4)cc2)C(=O)/C1=C/c1ccc(OCc2ccccc2Cl)c(I)c1. The quantitative estimate of drug-likeness (QED) is 0.164. The molecular weight excluding hydrogens is 663 g/mol. The monoisotopic (exact) mass is 692 g/mol. The predicted molar refractivity (Wildman–Crippen MR) is 170 cm³/mol. The summed E-state index contributed by atoms with van der Waals surface area (Å²) >= 11 is 8.40. The Kier molecular flexibility index (Phi) is 7.13. The van der Waals surface area contributed by atoms with Crippen LogP contribution in [0.2, 0.25) is 5.02 Å². The van der Waals surface area contributed by atoms with Crippen LogP contribution in [0, 0.1) is 21.3 Å². The minimum Gasteiger partial charge on any atom is -0.488 e. The van der Waals surface area contributed by atoms with Crippen LogP contribution in [0.4, 0.5) is 10.5 Å². The van der Waals surface area contributed by atoms with E-state index in [1.807, 2.05) is 42.5 Å². The van der Waals surface area contributed by atoms with E-state index in [4.69, 9.17) is 16.3 Å². The summed E-state index contributed by atoms with van der Waals surface area (Å²) in [6.45, 7) is 0.315. The first-order valence-corrected chi connectivity index (χ1v) is 15.9. The first-order valence-electron chi connectivity index (χ1n) is 14.5. The van der Waals surface area contributed by atoms with Crippen LogP contribution in [-0.2, 0) is 21.6 Å². The molecule has 8 rings (SSSR count). The Morgan fingerprint density at radius 1 is 0.929 bits per heavy atom. The number of anilines is 1. The number of nitrogens with zero attached hydrogens (tertiary/aromatic N) is 1. The molecule has 4 saturated carbocycles. The van der Waals surface area contributed by atoms with Gasteiger partial charge in [0, 0.05) is 10.6 Å². The number of urea groups is 1. The van der Waals surface area contributed by atoms with Gasteiger partial charge in [0.05, 0.1) is 9.26 Å². The third-order valence-corrected chi connectivity index (χ3v) is 10.7. The standard InChI is InChI=1S/C34H30ClIN2O4/c35-28-4-2-1-3-24(28)19-42-30-10-5-20(15-29(30)36)14-27-31(39)37-33(41)38(32(27)40)26-8-6-25(7-9-26)34-16-21-11-22(17-34)13-23(12-21)18-34/h1-10,14-15,21-23H,11-13,16-19H2,(H,37,39,41)/b27-14+. The largest absolute Gasteiger partial charge is 0.488 e. The maximum absolute atomic E-state index is 13.5. The lowest BCUT2D eigenvalue weighted by Gasteiger charge is -2.57. The van der Waals surface area contributed by atoms with Crippen LogP contribution in [0.25, 0.3) is 6.08 Å². The summed E-state index contributed by atoms with van der Waals surface area (Å²) in [6.07, 6.45) is 9.37.